The summed E-state index contributed by atoms with van der Waals surface area (Å²) in [5.74, 6) is 1.08. The van der Waals surface area contributed by atoms with Gasteiger partial charge < -0.3 is 10.1 Å². The fourth-order valence-electron chi connectivity index (χ4n) is 2.83. The number of hydrogen-bond donors (Lipinski definition) is 1. The van der Waals surface area contributed by atoms with Crippen molar-refractivity contribution in [3.63, 3.8) is 0 Å². The third-order valence-electron chi connectivity index (χ3n) is 4.10. The van der Waals surface area contributed by atoms with Crippen LogP contribution in [0.3, 0.4) is 0 Å². The molecule has 0 unspecified atom stereocenters. The smallest absolute Gasteiger partial charge is 0.230 e. The van der Waals surface area contributed by atoms with Gasteiger partial charge in [0.15, 0.2) is 5.16 Å². The van der Waals surface area contributed by atoms with Crippen LogP contribution >= 0.6 is 11.8 Å². The van der Waals surface area contributed by atoms with Gasteiger partial charge in [0.2, 0.25) is 5.91 Å². The highest BCUT2D eigenvalue weighted by Crippen LogP contribution is 2.32. The van der Waals surface area contributed by atoms with Gasteiger partial charge in [-0.2, -0.15) is 0 Å². The van der Waals surface area contributed by atoms with E-state index >= 15 is 0 Å². The number of aromatic nitrogens is 4. The highest BCUT2D eigenvalue weighted by Gasteiger charge is 2.23. The zero-order valence-electron chi connectivity index (χ0n) is 14.4. The van der Waals surface area contributed by atoms with E-state index < -0.39 is 0 Å². The SMILES string of the molecule is O=C(CSc1ncccn1)NC[C@H]1Cc2cc(-c3cncnc3)ccc2O1. The number of carbonyl (C=O) groups excluding carboxylic acids is 1. The molecule has 2 aromatic heterocycles. The van der Waals surface area contributed by atoms with E-state index in [1.807, 2.05) is 12.1 Å². The monoisotopic (exact) mass is 379 g/mol. The van der Waals surface area contributed by atoms with Crippen molar-refractivity contribution < 1.29 is 9.53 Å². The van der Waals surface area contributed by atoms with Crippen LogP contribution in [0.5, 0.6) is 5.75 Å². The Balaban J connectivity index is 1.29. The minimum Gasteiger partial charge on any atom is -0.488 e. The van der Waals surface area contributed by atoms with Crippen molar-refractivity contribution in [1.82, 2.24) is 25.3 Å². The molecule has 0 bridgehead atoms. The Hall–Kier alpha value is -3.00. The summed E-state index contributed by atoms with van der Waals surface area (Å²) in [5.41, 5.74) is 3.15. The Labute approximate surface area is 160 Å². The van der Waals surface area contributed by atoms with Crippen molar-refractivity contribution in [2.24, 2.45) is 0 Å². The summed E-state index contributed by atoms with van der Waals surface area (Å²) < 4.78 is 5.93. The van der Waals surface area contributed by atoms with Crippen LogP contribution in [0, 0.1) is 0 Å². The van der Waals surface area contributed by atoms with Crippen molar-refractivity contribution >= 4 is 17.7 Å². The minimum absolute atomic E-state index is 0.0610. The van der Waals surface area contributed by atoms with Crippen LogP contribution in [-0.2, 0) is 11.2 Å². The van der Waals surface area contributed by atoms with Gasteiger partial charge in [-0.3, -0.25) is 4.79 Å². The van der Waals surface area contributed by atoms with Gasteiger partial charge >= 0.3 is 0 Å². The van der Waals surface area contributed by atoms with Gasteiger partial charge in [0.05, 0.1) is 12.3 Å². The quantitative estimate of drug-likeness (QED) is 0.518. The van der Waals surface area contributed by atoms with Gasteiger partial charge in [-0.15, -0.1) is 0 Å². The maximum atomic E-state index is 12.0. The first-order valence-corrected chi connectivity index (χ1v) is 9.48. The Kier molecular flexibility index (Phi) is 5.24. The summed E-state index contributed by atoms with van der Waals surface area (Å²) in [5, 5.41) is 3.51. The van der Waals surface area contributed by atoms with Gasteiger partial charge in [-0.1, -0.05) is 17.8 Å². The number of amides is 1. The van der Waals surface area contributed by atoms with Crippen molar-refractivity contribution in [2.75, 3.05) is 12.3 Å². The molecule has 0 aliphatic carbocycles. The second-order valence-electron chi connectivity index (χ2n) is 6.02. The molecular weight excluding hydrogens is 362 g/mol. The van der Waals surface area contributed by atoms with Crippen LogP contribution < -0.4 is 10.1 Å². The Morgan fingerprint density at radius 1 is 1.19 bits per heavy atom. The van der Waals surface area contributed by atoms with E-state index in [0.29, 0.717) is 11.7 Å². The molecule has 0 radical (unpaired) electrons. The van der Waals surface area contributed by atoms with Crippen molar-refractivity contribution in [1.29, 1.82) is 0 Å². The summed E-state index contributed by atoms with van der Waals surface area (Å²) in [6.45, 7) is 0.466. The lowest BCUT2D eigenvalue weighted by molar-refractivity contribution is -0.118. The number of nitrogens with one attached hydrogen (secondary N) is 1. The molecule has 27 heavy (non-hydrogen) atoms. The molecule has 1 atom stereocenters. The standard InChI is InChI=1S/C19H17N5O2S/c25-18(11-27-19-22-4-1-5-23-19)24-10-16-7-14-6-13(2-3-17(14)26-16)15-8-20-12-21-9-15/h1-6,8-9,12,16H,7,10-11H2,(H,24,25)/t16-/m1/s1. The van der Waals surface area contributed by atoms with E-state index in [-0.39, 0.29) is 17.8 Å². The molecule has 1 amide bonds. The maximum absolute atomic E-state index is 12.0. The molecule has 1 N–H and O–H groups in total. The average Bonchev–Trinajstić information content (AvgIpc) is 3.14. The number of thioether (sulfide) groups is 1. The minimum atomic E-state index is -0.0656. The highest BCUT2D eigenvalue weighted by molar-refractivity contribution is 7.99. The second kappa shape index (κ2) is 8.13. The fraction of sp³-hybridized carbons (Fsp3) is 0.211. The molecule has 7 nitrogen and oxygen atoms in total. The van der Waals surface area contributed by atoms with Gasteiger partial charge in [0.25, 0.3) is 0 Å². The summed E-state index contributed by atoms with van der Waals surface area (Å²) in [4.78, 5) is 28.3. The zero-order chi connectivity index (χ0) is 18.5. The highest BCUT2D eigenvalue weighted by atomic mass is 32.2. The van der Waals surface area contributed by atoms with E-state index in [1.54, 1.807) is 30.9 Å². The lowest BCUT2D eigenvalue weighted by Gasteiger charge is -2.11. The first-order valence-electron chi connectivity index (χ1n) is 8.49. The summed E-state index contributed by atoms with van der Waals surface area (Å²) in [6, 6.07) is 7.80. The third kappa shape index (κ3) is 4.40. The van der Waals surface area contributed by atoms with E-state index in [2.05, 4.69) is 31.3 Å². The topological polar surface area (TPSA) is 89.9 Å². The van der Waals surface area contributed by atoms with E-state index in [9.17, 15) is 4.79 Å². The average molecular weight is 379 g/mol. The molecule has 1 aliphatic heterocycles. The molecule has 1 aliphatic rings. The maximum Gasteiger partial charge on any atom is 0.230 e. The van der Waals surface area contributed by atoms with Crippen molar-refractivity contribution in [2.45, 2.75) is 17.7 Å². The summed E-state index contributed by atoms with van der Waals surface area (Å²) in [6.07, 6.45) is 9.10. The van der Waals surface area contributed by atoms with E-state index in [0.717, 1.165) is 28.9 Å². The molecular formula is C19H17N5O2S. The molecule has 8 heteroatoms. The van der Waals surface area contributed by atoms with Crippen LogP contribution in [0.2, 0.25) is 0 Å². The number of nitrogens with zero attached hydrogens (tertiary/aromatic N) is 4. The Morgan fingerprint density at radius 3 is 2.81 bits per heavy atom. The van der Waals surface area contributed by atoms with Crippen LogP contribution in [0.4, 0.5) is 0 Å². The molecule has 3 aromatic rings. The fourth-order valence-corrected chi connectivity index (χ4v) is 3.46. The molecule has 0 saturated heterocycles. The third-order valence-corrected chi connectivity index (χ3v) is 4.97. The number of hydrogen-bond acceptors (Lipinski definition) is 7. The van der Waals surface area contributed by atoms with Gasteiger partial charge in [0.1, 0.15) is 18.2 Å². The number of carbonyl (C=O) groups is 1. The summed E-state index contributed by atoms with van der Waals surface area (Å²) in [7, 11) is 0. The van der Waals surface area contributed by atoms with Gasteiger partial charge in [-0.05, 0) is 29.3 Å². The molecule has 4 rings (SSSR count). The zero-order valence-corrected chi connectivity index (χ0v) is 15.2. The number of benzene rings is 1. The second-order valence-corrected chi connectivity index (χ2v) is 6.96. The number of rotatable bonds is 6. The van der Waals surface area contributed by atoms with Crippen molar-refractivity contribution in [3.8, 4) is 16.9 Å². The van der Waals surface area contributed by atoms with Crippen molar-refractivity contribution in [3.05, 3.63) is 60.9 Å². The summed E-state index contributed by atoms with van der Waals surface area (Å²) >= 11 is 1.31. The molecule has 0 saturated carbocycles. The molecule has 1 aromatic carbocycles. The molecule has 0 spiro atoms. The van der Waals surface area contributed by atoms with Gasteiger partial charge in [0, 0.05) is 36.8 Å². The predicted molar refractivity (Wildman–Crippen MR) is 101 cm³/mol. The molecule has 0 fully saturated rings. The predicted octanol–water partition coefficient (Wildman–Crippen LogP) is 2.15. The van der Waals surface area contributed by atoms with Crippen LogP contribution in [-0.4, -0.2) is 44.2 Å². The lowest BCUT2D eigenvalue weighted by Crippen LogP contribution is -2.35. The Bertz CT molecular complexity index is 924. The number of fused-ring (bicyclic) bond motifs is 1. The first-order chi connectivity index (χ1) is 13.3. The van der Waals surface area contributed by atoms with Crippen LogP contribution in [0.15, 0.2) is 60.5 Å². The largest absolute Gasteiger partial charge is 0.488 e. The molecule has 136 valence electrons. The molecule has 3 heterocycles. The normalized spacial score (nSPS) is 15.0. The number of ether oxygens (including phenoxy) is 1. The Morgan fingerprint density at radius 2 is 2.00 bits per heavy atom. The van der Waals surface area contributed by atoms with Gasteiger partial charge in [-0.25, -0.2) is 19.9 Å². The first kappa shape index (κ1) is 17.4. The van der Waals surface area contributed by atoms with E-state index in [1.165, 1.54) is 18.1 Å². The van der Waals surface area contributed by atoms with Crippen LogP contribution in [0.1, 0.15) is 5.56 Å². The lowest BCUT2D eigenvalue weighted by atomic mass is 10.0. The van der Waals surface area contributed by atoms with E-state index in [4.69, 9.17) is 4.74 Å². The van der Waals surface area contributed by atoms with Crippen LogP contribution in [0.25, 0.3) is 11.1 Å².